The number of aliphatic carboxylic acids is 1. The van der Waals surface area contributed by atoms with Crippen LogP contribution in [0.5, 0.6) is 0 Å². The van der Waals surface area contributed by atoms with Crippen molar-refractivity contribution in [3.05, 3.63) is 76.8 Å². The Morgan fingerprint density at radius 2 is 1.78 bits per heavy atom. The van der Waals surface area contributed by atoms with Crippen molar-refractivity contribution in [1.29, 1.82) is 0 Å². The Balaban J connectivity index is 1.37. The van der Waals surface area contributed by atoms with E-state index in [1.54, 1.807) is 23.1 Å². The molecular formula is C27H26FN3O5. The zero-order chi connectivity index (χ0) is 25.6. The van der Waals surface area contributed by atoms with E-state index in [1.807, 2.05) is 37.0 Å². The second kappa shape index (κ2) is 8.91. The van der Waals surface area contributed by atoms with Gasteiger partial charge in [-0.1, -0.05) is 12.1 Å². The third kappa shape index (κ3) is 4.37. The molecule has 3 aliphatic heterocycles. The van der Waals surface area contributed by atoms with Gasteiger partial charge in [0.05, 0.1) is 17.8 Å². The molecule has 0 unspecified atom stereocenters. The molecule has 0 spiro atoms. The number of anilines is 1. The highest BCUT2D eigenvalue weighted by Gasteiger charge is 2.38. The molecule has 0 atom stereocenters. The number of fused-ring (bicyclic) bond motifs is 1. The molecule has 5 rings (SSSR count). The minimum atomic E-state index is -0.871. The number of amides is 2. The molecule has 186 valence electrons. The van der Waals surface area contributed by atoms with Gasteiger partial charge in [-0.2, -0.15) is 0 Å². The molecular weight excluding hydrogens is 465 g/mol. The topological polar surface area (TPSA) is 99.2 Å². The lowest BCUT2D eigenvalue weighted by Crippen LogP contribution is -2.49. The number of rotatable bonds is 4. The molecule has 2 aromatic rings. The normalized spacial score (nSPS) is 21.0. The van der Waals surface area contributed by atoms with Gasteiger partial charge in [-0.15, -0.1) is 0 Å². The van der Waals surface area contributed by atoms with Crippen LogP contribution < -0.4 is 5.32 Å². The molecule has 1 saturated heterocycles. The molecule has 36 heavy (non-hydrogen) atoms. The average molecular weight is 492 g/mol. The van der Waals surface area contributed by atoms with Gasteiger partial charge >= 0.3 is 5.97 Å². The van der Waals surface area contributed by atoms with Crippen molar-refractivity contribution in [3.8, 4) is 0 Å². The van der Waals surface area contributed by atoms with E-state index in [1.165, 1.54) is 12.1 Å². The van der Waals surface area contributed by atoms with Crippen molar-refractivity contribution in [2.75, 3.05) is 38.0 Å². The van der Waals surface area contributed by atoms with Gasteiger partial charge in [0.2, 0.25) is 0 Å². The van der Waals surface area contributed by atoms with Crippen molar-refractivity contribution >= 4 is 34.6 Å². The Labute approximate surface area is 207 Å². The lowest BCUT2D eigenvalue weighted by Gasteiger charge is -2.33. The number of nitrogens with one attached hydrogen (secondary N) is 1. The van der Waals surface area contributed by atoms with Crippen LogP contribution in [-0.2, 0) is 14.3 Å². The Hall–Kier alpha value is -3.98. The molecule has 2 amide bonds. The number of piperazine rings is 1. The maximum Gasteiger partial charge on any atom is 0.317 e. The number of carbonyl (C=O) groups excluding carboxylic acids is 2. The average Bonchev–Trinajstić information content (AvgIpc) is 3.32. The number of hydrogen-bond donors (Lipinski definition) is 2. The summed E-state index contributed by atoms with van der Waals surface area (Å²) in [7, 11) is 0. The van der Waals surface area contributed by atoms with Gasteiger partial charge in [0.25, 0.3) is 11.8 Å². The molecule has 0 aromatic heterocycles. The van der Waals surface area contributed by atoms with Crippen molar-refractivity contribution in [3.63, 3.8) is 0 Å². The summed E-state index contributed by atoms with van der Waals surface area (Å²) in [5, 5.41) is 11.6. The van der Waals surface area contributed by atoms with E-state index in [-0.39, 0.29) is 18.4 Å². The maximum absolute atomic E-state index is 13.6. The molecule has 1 fully saturated rings. The number of halogens is 1. The highest BCUT2D eigenvalue weighted by Crippen LogP contribution is 2.44. The lowest BCUT2D eigenvalue weighted by molar-refractivity contribution is -0.138. The summed E-state index contributed by atoms with van der Waals surface area (Å²) in [5.74, 6) is -1.33. The fourth-order valence-electron chi connectivity index (χ4n) is 4.88. The Bertz CT molecular complexity index is 1320. The fraction of sp³-hybridized carbons (Fsp3) is 0.296. The number of ether oxygens (including phenoxy) is 1. The third-order valence-electron chi connectivity index (χ3n) is 6.72. The minimum absolute atomic E-state index is 0.0218. The molecule has 9 heteroatoms. The van der Waals surface area contributed by atoms with Crippen LogP contribution in [0.1, 0.15) is 35.3 Å². The molecule has 2 N–H and O–H groups in total. The Morgan fingerprint density at radius 3 is 2.44 bits per heavy atom. The van der Waals surface area contributed by atoms with E-state index in [2.05, 4.69) is 5.32 Å². The van der Waals surface area contributed by atoms with Crippen LogP contribution in [0, 0.1) is 5.82 Å². The molecule has 0 radical (unpaired) electrons. The first-order valence-electron chi connectivity index (χ1n) is 11.7. The van der Waals surface area contributed by atoms with Crippen molar-refractivity contribution in [2.45, 2.75) is 19.4 Å². The fourth-order valence-corrected chi connectivity index (χ4v) is 4.88. The SMILES string of the molecule is CC1(C)OC(=C2C(=O)Nc3cc(F)ccc32)C=C1c1ccc(C(=O)N2CCN(CC(=O)O)CC2)cc1. The minimum Gasteiger partial charge on any atom is -0.482 e. The second-order valence-electron chi connectivity index (χ2n) is 9.59. The number of carboxylic acid groups (broad SMARTS) is 1. The van der Waals surface area contributed by atoms with Crippen molar-refractivity contribution in [1.82, 2.24) is 9.80 Å². The van der Waals surface area contributed by atoms with Gasteiger partial charge in [-0.25, -0.2) is 4.39 Å². The van der Waals surface area contributed by atoms with Crippen LogP contribution in [0.15, 0.2) is 54.3 Å². The van der Waals surface area contributed by atoms with Gasteiger partial charge in [0, 0.05) is 42.9 Å². The van der Waals surface area contributed by atoms with E-state index in [4.69, 9.17) is 9.84 Å². The zero-order valence-electron chi connectivity index (χ0n) is 20.0. The monoisotopic (exact) mass is 491 g/mol. The first kappa shape index (κ1) is 23.7. The summed E-state index contributed by atoms with van der Waals surface area (Å²) in [4.78, 5) is 40.1. The molecule has 3 aliphatic rings. The number of nitrogens with zero attached hydrogens (tertiary/aromatic N) is 2. The van der Waals surface area contributed by atoms with E-state index in [9.17, 15) is 18.8 Å². The van der Waals surface area contributed by atoms with Gasteiger partial charge < -0.3 is 20.1 Å². The molecule has 0 bridgehead atoms. The Morgan fingerprint density at radius 1 is 1.08 bits per heavy atom. The zero-order valence-corrected chi connectivity index (χ0v) is 20.0. The predicted octanol–water partition coefficient (Wildman–Crippen LogP) is 3.22. The van der Waals surface area contributed by atoms with E-state index in [0.717, 1.165) is 11.1 Å². The molecule has 2 aromatic carbocycles. The summed E-state index contributed by atoms with van der Waals surface area (Å²) < 4.78 is 19.8. The standard InChI is InChI=1S/C27H26FN3O5/c1-27(2)20(14-22(36-27)24-19-8-7-18(28)13-21(19)29-25(24)34)16-3-5-17(6-4-16)26(35)31-11-9-30(10-12-31)15-23(32)33/h3-8,13-14H,9-12,15H2,1-2H3,(H,29,34)(H,32,33). The first-order chi connectivity index (χ1) is 17.1. The van der Waals surface area contributed by atoms with Crippen molar-refractivity contribution in [2.24, 2.45) is 0 Å². The highest BCUT2D eigenvalue weighted by atomic mass is 19.1. The van der Waals surface area contributed by atoms with Crippen LogP contribution in [0.2, 0.25) is 0 Å². The first-order valence-corrected chi connectivity index (χ1v) is 11.7. The van der Waals surface area contributed by atoms with Gasteiger partial charge in [0.15, 0.2) is 0 Å². The number of allylic oxidation sites excluding steroid dienone is 1. The van der Waals surface area contributed by atoms with E-state index >= 15 is 0 Å². The summed E-state index contributed by atoms with van der Waals surface area (Å²) >= 11 is 0. The quantitative estimate of drug-likeness (QED) is 0.638. The largest absolute Gasteiger partial charge is 0.482 e. The van der Waals surface area contributed by atoms with Crippen LogP contribution in [0.25, 0.3) is 11.1 Å². The van der Waals surface area contributed by atoms with E-state index < -0.39 is 17.4 Å². The number of carbonyl (C=O) groups is 3. The second-order valence-corrected chi connectivity index (χ2v) is 9.59. The van der Waals surface area contributed by atoms with Crippen molar-refractivity contribution < 1.29 is 28.6 Å². The van der Waals surface area contributed by atoms with E-state index in [0.29, 0.717) is 54.3 Å². The number of carboxylic acids is 1. The smallest absolute Gasteiger partial charge is 0.317 e. The Kier molecular flexibility index (Phi) is 5.88. The third-order valence-corrected chi connectivity index (χ3v) is 6.72. The molecule has 8 nitrogen and oxygen atoms in total. The maximum atomic E-state index is 13.6. The molecule has 3 heterocycles. The lowest BCUT2D eigenvalue weighted by atomic mass is 9.91. The van der Waals surface area contributed by atoms with Gasteiger partial charge in [-0.3, -0.25) is 19.3 Å². The summed E-state index contributed by atoms with van der Waals surface area (Å²) in [5.41, 5.74) is 2.91. The van der Waals surface area contributed by atoms with Crippen LogP contribution >= 0.6 is 0 Å². The van der Waals surface area contributed by atoms with Crippen LogP contribution in [-0.4, -0.2) is 71.0 Å². The van der Waals surface area contributed by atoms with Crippen LogP contribution in [0.3, 0.4) is 0 Å². The molecule has 0 aliphatic carbocycles. The highest BCUT2D eigenvalue weighted by molar-refractivity contribution is 6.32. The van der Waals surface area contributed by atoms with Crippen LogP contribution in [0.4, 0.5) is 10.1 Å². The predicted molar refractivity (Wildman–Crippen MR) is 132 cm³/mol. The summed E-state index contributed by atoms with van der Waals surface area (Å²) in [6.45, 7) is 5.78. The van der Waals surface area contributed by atoms with Gasteiger partial charge in [-0.05, 0) is 55.8 Å². The molecule has 0 saturated carbocycles. The number of hydrogen-bond acceptors (Lipinski definition) is 5. The summed E-state index contributed by atoms with van der Waals surface area (Å²) in [6.07, 6.45) is 1.83. The number of benzene rings is 2. The summed E-state index contributed by atoms with van der Waals surface area (Å²) in [6, 6.07) is 11.4. The van der Waals surface area contributed by atoms with Gasteiger partial charge in [0.1, 0.15) is 17.2 Å².